The first-order valence-corrected chi connectivity index (χ1v) is 6.90. The van der Waals surface area contributed by atoms with Crippen molar-refractivity contribution in [2.45, 2.75) is 52.5 Å². The SMILES string of the molecule is CCCC(CNC(C)(C)C)Cc1cccc(F)c1. The number of hydrogen-bond acceptors (Lipinski definition) is 1. The van der Waals surface area contributed by atoms with Crippen LogP contribution in [0.15, 0.2) is 24.3 Å². The van der Waals surface area contributed by atoms with Gasteiger partial charge in [-0.1, -0.05) is 25.5 Å². The third-order valence-corrected chi connectivity index (χ3v) is 3.03. The van der Waals surface area contributed by atoms with Gasteiger partial charge in [0.05, 0.1) is 0 Å². The zero-order chi connectivity index (χ0) is 13.6. The Labute approximate surface area is 111 Å². The molecular formula is C16H26FN. The van der Waals surface area contributed by atoms with Crippen LogP contribution < -0.4 is 5.32 Å². The zero-order valence-electron chi connectivity index (χ0n) is 12.1. The van der Waals surface area contributed by atoms with E-state index in [0.29, 0.717) is 5.92 Å². The molecule has 1 aromatic carbocycles. The highest BCUT2D eigenvalue weighted by Crippen LogP contribution is 2.15. The van der Waals surface area contributed by atoms with Gasteiger partial charge in [0, 0.05) is 5.54 Å². The summed E-state index contributed by atoms with van der Waals surface area (Å²) in [6.07, 6.45) is 3.31. The molecule has 0 aliphatic carbocycles. The van der Waals surface area contributed by atoms with E-state index in [4.69, 9.17) is 0 Å². The van der Waals surface area contributed by atoms with E-state index in [2.05, 4.69) is 33.0 Å². The van der Waals surface area contributed by atoms with E-state index < -0.39 is 0 Å². The number of rotatable bonds is 6. The second-order valence-corrected chi connectivity index (χ2v) is 6.12. The van der Waals surface area contributed by atoms with Gasteiger partial charge in [0.1, 0.15) is 5.82 Å². The summed E-state index contributed by atoms with van der Waals surface area (Å²) in [5.74, 6) is 0.447. The molecule has 0 heterocycles. The quantitative estimate of drug-likeness (QED) is 0.800. The van der Waals surface area contributed by atoms with Crippen molar-refractivity contribution in [2.75, 3.05) is 6.54 Å². The summed E-state index contributed by atoms with van der Waals surface area (Å²) >= 11 is 0. The molecule has 0 aromatic heterocycles. The molecule has 1 rings (SSSR count). The Morgan fingerprint density at radius 1 is 1.28 bits per heavy atom. The molecule has 0 amide bonds. The molecule has 1 nitrogen and oxygen atoms in total. The van der Waals surface area contributed by atoms with Crippen molar-refractivity contribution in [2.24, 2.45) is 5.92 Å². The lowest BCUT2D eigenvalue weighted by atomic mass is 9.94. The van der Waals surface area contributed by atoms with Crippen LogP contribution in [0.4, 0.5) is 4.39 Å². The predicted octanol–water partition coefficient (Wildman–Crippen LogP) is 4.17. The van der Waals surface area contributed by atoms with Crippen molar-refractivity contribution in [1.82, 2.24) is 5.32 Å². The molecule has 102 valence electrons. The van der Waals surface area contributed by atoms with E-state index in [1.807, 2.05) is 6.07 Å². The highest BCUT2D eigenvalue weighted by molar-refractivity contribution is 5.16. The molecule has 0 saturated carbocycles. The van der Waals surface area contributed by atoms with E-state index in [1.165, 1.54) is 18.9 Å². The standard InChI is InChI=1S/C16H26FN/c1-5-7-14(12-18-16(2,3)4)10-13-8-6-9-15(17)11-13/h6,8-9,11,14,18H,5,7,10,12H2,1-4H3. The first-order chi connectivity index (χ1) is 8.40. The Kier molecular flexibility index (Phi) is 5.80. The van der Waals surface area contributed by atoms with Gasteiger partial charge in [0.2, 0.25) is 0 Å². The predicted molar refractivity (Wildman–Crippen MR) is 76.3 cm³/mol. The van der Waals surface area contributed by atoms with Gasteiger partial charge in [0.15, 0.2) is 0 Å². The third kappa shape index (κ3) is 6.15. The summed E-state index contributed by atoms with van der Waals surface area (Å²) in [4.78, 5) is 0. The van der Waals surface area contributed by atoms with Crippen LogP contribution in [0.25, 0.3) is 0 Å². The Hall–Kier alpha value is -0.890. The molecule has 0 bridgehead atoms. The van der Waals surface area contributed by atoms with Gasteiger partial charge >= 0.3 is 0 Å². The summed E-state index contributed by atoms with van der Waals surface area (Å²) in [5, 5.41) is 3.55. The second-order valence-electron chi connectivity index (χ2n) is 6.12. The van der Waals surface area contributed by atoms with Crippen LogP contribution in [0, 0.1) is 11.7 Å². The van der Waals surface area contributed by atoms with Crippen molar-refractivity contribution in [1.29, 1.82) is 0 Å². The van der Waals surface area contributed by atoms with Crippen LogP contribution in [0.1, 0.15) is 46.1 Å². The minimum atomic E-state index is -0.133. The Morgan fingerprint density at radius 2 is 2.00 bits per heavy atom. The number of hydrogen-bond donors (Lipinski definition) is 1. The highest BCUT2D eigenvalue weighted by Gasteiger charge is 2.14. The monoisotopic (exact) mass is 251 g/mol. The zero-order valence-corrected chi connectivity index (χ0v) is 12.1. The average Bonchev–Trinajstić information content (AvgIpc) is 2.25. The van der Waals surface area contributed by atoms with Gasteiger partial charge in [-0.05, 0) is 63.8 Å². The van der Waals surface area contributed by atoms with E-state index >= 15 is 0 Å². The van der Waals surface area contributed by atoms with Crippen LogP contribution >= 0.6 is 0 Å². The molecule has 1 aromatic rings. The number of halogens is 1. The topological polar surface area (TPSA) is 12.0 Å². The molecule has 1 atom stereocenters. The minimum Gasteiger partial charge on any atom is -0.312 e. The summed E-state index contributed by atoms with van der Waals surface area (Å²) in [5.41, 5.74) is 1.25. The van der Waals surface area contributed by atoms with Gasteiger partial charge in [-0.2, -0.15) is 0 Å². The Balaban J connectivity index is 2.57. The van der Waals surface area contributed by atoms with Gasteiger partial charge < -0.3 is 5.32 Å². The molecule has 1 N–H and O–H groups in total. The maximum Gasteiger partial charge on any atom is 0.123 e. The lowest BCUT2D eigenvalue weighted by molar-refractivity contribution is 0.354. The second kappa shape index (κ2) is 6.89. The summed E-state index contributed by atoms with van der Waals surface area (Å²) in [7, 11) is 0. The fraction of sp³-hybridized carbons (Fsp3) is 0.625. The molecular weight excluding hydrogens is 225 g/mol. The van der Waals surface area contributed by atoms with Crippen LogP contribution in [0.5, 0.6) is 0 Å². The van der Waals surface area contributed by atoms with Crippen LogP contribution in [0.3, 0.4) is 0 Å². The molecule has 0 spiro atoms. The van der Waals surface area contributed by atoms with E-state index in [1.54, 1.807) is 12.1 Å². The molecule has 0 aliphatic heterocycles. The normalized spacial score (nSPS) is 13.6. The summed E-state index contributed by atoms with van der Waals surface area (Å²) in [6.45, 7) is 9.73. The average molecular weight is 251 g/mol. The molecule has 1 unspecified atom stereocenters. The van der Waals surface area contributed by atoms with Gasteiger partial charge in [-0.15, -0.1) is 0 Å². The lowest BCUT2D eigenvalue weighted by Gasteiger charge is -2.25. The van der Waals surface area contributed by atoms with Crippen LogP contribution in [0.2, 0.25) is 0 Å². The van der Waals surface area contributed by atoms with Gasteiger partial charge in [0.25, 0.3) is 0 Å². The van der Waals surface area contributed by atoms with Crippen molar-refractivity contribution in [3.8, 4) is 0 Å². The summed E-state index contributed by atoms with van der Waals surface area (Å²) in [6, 6.07) is 6.97. The fourth-order valence-electron chi connectivity index (χ4n) is 2.13. The largest absolute Gasteiger partial charge is 0.312 e. The maximum absolute atomic E-state index is 13.2. The van der Waals surface area contributed by atoms with E-state index in [9.17, 15) is 4.39 Å². The molecule has 18 heavy (non-hydrogen) atoms. The third-order valence-electron chi connectivity index (χ3n) is 3.03. The van der Waals surface area contributed by atoms with Crippen molar-refractivity contribution in [3.05, 3.63) is 35.6 Å². The first kappa shape index (κ1) is 15.2. The van der Waals surface area contributed by atoms with Crippen LogP contribution in [-0.2, 0) is 6.42 Å². The lowest BCUT2D eigenvalue weighted by Crippen LogP contribution is -2.39. The van der Waals surface area contributed by atoms with Crippen molar-refractivity contribution >= 4 is 0 Å². The maximum atomic E-state index is 13.2. The smallest absolute Gasteiger partial charge is 0.123 e. The number of nitrogens with one attached hydrogen (secondary N) is 1. The van der Waals surface area contributed by atoms with Crippen LogP contribution in [-0.4, -0.2) is 12.1 Å². The number of benzene rings is 1. The fourth-order valence-corrected chi connectivity index (χ4v) is 2.13. The molecule has 0 radical (unpaired) electrons. The molecule has 0 fully saturated rings. The van der Waals surface area contributed by atoms with E-state index in [0.717, 1.165) is 18.5 Å². The van der Waals surface area contributed by atoms with E-state index in [-0.39, 0.29) is 11.4 Å². The van der Waals surface area contributed by atoms with Gasteiger partial charge in [-0.25, -0.2) is 4.39 Å². The first-order valence-electron chi connectivity index (χ1n) is 6.90. The highest BCUT2D eigenvalue weighted by atomic mass is 19.1. The van der Waals surface area contributed by atoms with Crippen molar-refractivity contribution < 1.29 is 4.39 Å². The molecule has 0 saturated heterocycles. The Bertz CT molecular complexity index is 354. The molecule has 0 aliphatic rings. The van der Waals surface area contributed by atoms with Gasteiger partial charge in [-0.3, -0.25) is 0 Å². The summed E-state index contributed by atoms with van der Waals surface area (Å²) < 4.78 is 13.2. The van der Waals surface area contributed by atoms with Crippen molar-refractivity contribution in [3.63, 3.8) is 0 Å². The molecule has 2 heteroatoms. The minimum absolute atomic E-state index is 0.133. The Morgan fingerprint density at radius 3 is 2.56 bits per heavy atom.